The van der Waals surface area contributed by atoms with Gasteiger partial charge in [-0.15, -0.1) is 13.2 Å². The largest absolute Gasteiger partial charge is 0.573 e. The molecule has 0 fully saturated rings. The van der Waals surface area contributed by atoms with Crippen molar-refractivity contribution < 1.29 is 31.1 Å². The van der Waals surface area contributed by atoms with Crippen molar-refractivity contribution in [2.45, 2.75) is 25.9 Å². The molecule has 4 rings (SSSR count). The molecule has 1 N–H and O–H groups in total. The van der Waals surface area contributed by atoms with Crippen LogP contribution in [0.4, 0.5) is 13.2 Å². The number of fused-ring (bicyclic) bond motifs is 1. The standard InChI is InChI=1S/C24H23ClF3N5O6S/c1-31-20-19(21(34)32(23(31)35)12-4-11-29-40(2,36)37)33(14-15-7-9-16(25)10-8-15)22(30-20)38-17-5-3-6-18(13-17)39-24(26,27)28/h3,5-10,13,29H,4,11-12,14H2,1-2H3. The smallest absolute Gasteiger partial charge is 0.425 e. The Kier molecular flexibility index (Phi) is 8.28. The van der Waals surface area contributed by atoms with Gasteiger partial charge in [0.2, 0.25) is 10.0 Å². The van der Waals surface area contributed by atoms with E-state index in [0.717, 1.165) is 27.5 Å². The number of sulfonamides is 1. The van der Waals surface area contributed by atoms with Gasteiger partial charge in [-0.2, -0.15) is 4.98 Å². The molecule has 0 atom stereocenters. The zero-order valence-electron chi connectivity index (χ0n) is 21.1. The molecule has 0 spiro atoms. The van der Waals surface area contributed by atoms with E-state index in [-0.39, 0.29) is 49.0 Å². The summed E-state index contributed by atoms with van der Waals surface area (Å²) < 4.78 is 76.4. The molecule has 40 heavy (non-hydrogen) atoms. The lowest BCUT2D eigenvalue weighted by Crippen LogP contribution is -2.40. The maximum atomic E-state index is 13.6. The molecule has 0 saturated heterocycles. The van der Waals surface area contributed by atoms with Crippen molar-refractivity contribution in [3.05, 3.63) is 80.0 Å². The first kappa shape index (κ1) is 29.2. The summed E-state index contributed by atoms with van der Waals surface area (Å²) in [5.41, 5.74) is -0.749. The molecule has 11 nitrogen and oxygen atoms in total. The Labute approximate surface area is 230 Å². The van der Waals surface area contributed by atoms with Crippen LogP contribution in [0.3, 0.4) is 0 Å². The van der Waals surface area contributed by atoms with Crippen LogP contribution < -0.4 is 25.4 Å². The molecule has 0 saturated carbocycles. The molecule has 2 aromatic heterocycles. The number of hydrogen-bond donors (Lipinski definition) is 1. The van der Waals surface area contributed by atoms with Crippen LogP contribution in [0.15, 0.2) is 58.1 Å². The van der Waals surface area contributed by atoms with Crippen LogP contribution in [-0.2, 0) is 30.2 Å². The zero-order valence-corrected chi connectivity index (χ0v) is 22.7. The number of rotatable bonds is 10. The number of ether oxygens (including phenoxy) is 2. The lowest BCUT2D eigenvalue weighted by atomic mass is 10.2. The Morgan fingerprint density at radius 2 is 1.73 bits per heavy atom. The minimum atomic E-state index is -4.92. The van der Waals surface area contributed by atoms with Gasteiger partial charge in [-0.3, -0.25) is 18.5 Å². The van der Waals surface area contributed by atoms with Gasteiger partial charge in [0.05, 0.1) is 12.8 Å². The first-order valence-electron chi connectivity index (χ1n) is 11.6. The Hall–Kier alpha value is -3.82. The maximum absolute atomic E-state index is 13.6. The Morgan fingerprint density at radius 1 is 1.05 bits per heavy atom. The summed E-state index contributed by atoms with van der Waals surface area (Å²) in [6.07, 6.45) is -3.78. The summed E-state index contributed by atoms with van der Waals surface area (Å²) in [7, 11) is -2.06. The van der Waals surface area contributed by atoms with E-state index >= 15 is 0 Å². The lowest BCUT2D eigenvalue weighted by Gasteiger charge is -2.13. The summed E-state index contributed by atoms with van der Waals surface area (Å²) in [4.78, 5) is 30.9. The van der Waals surface area contributed by atoms with Gasteiger partial charge in [0.25, 0.3) is 5.56 Å². The van der Waals surface area contributed by atoms with E-state index in [1.165, 1.54) is 23.7 Å². The highest BCUT2D eigenvalue weighted by Gasteiger charge is 2.31. The summed E-state index contributed by atoms with van der Waals surface area (Å²) >= 11 is 5.99. The molecule has 0 radical (unpaired) electrons. The van der Waals surface area contributed by atoms with Crippen molar-refractivity contribution in [2.75, 3.05) is 12.8 Å². The molecule has 0 amide bonds. The number of benzene rings is 2. The van der Waals surface area contributed by atoms with Gasteiger partial charge >= 0.3 is 18.1 Å². The van der Waals surface area contributed by atoms with Crippen molar-refractivity contribution in [3.63, 3.8) is 0 Å². The topological polar surface area (TPSA) is 126 Å². The molecule has 0 bridgehead atoms. The van der Waals surface area contributed by atoms with Gasteiger partial charge in [0.15, 0.2) is 11.2 Å². The fraction of sp³-hybridized carbons (Fsp3) is 0.292. The molecule has 214 valence electrons. The summed E-state index contributed by atoms with van der Waals surface area (Å²) in [5, 5.41) is 0.477. The number of nitrogens with zero attached hydrogens (tertiary/aromatic N) is 4. The third-order valence-electron chi connectivity index (χ3n) is 5.62. The highest BCUT2D eigenvalue weighted by atomic mass is 35.5. The monoisotopic (exact) mass is 601 g/mol. The van der Waals surface area contributed by atoms with Crippen LogP contribution in [0, 0.1) is 0 Å². The summed E-state index contributed by atoms with van der Waals surface area (Å²) in [6.45, 7) is -0.0604. The molecule has 0 aliphatic rings. The van der Waals surface area contributed by atoms with E-state index in [0.29, 0.717) is 10.6 Å². The van der Waals surface area contributed by atoms with Crippen LogP contribution in [0.1, 0.15) is 12.0 Å². The number of aromatic nitrogens is 4. The second-order valence-corrected chi connectivity index (χ2v) is 11.0. The van der Waals surface area contributed by atoms with Crippen LogP contribution in [0.2, 0.25) is 5.02 Å². The van der Waals surface area contributed by atoms with E-state index in [2.05, 4.69) is 14.4 Å². The molecule has 4 aromatic rings. The second-order valence-electron chi connectivity index (χ2n) is 8.72. The van der Waals surface area contributed by atoms with Crippen LogP contribution >= 0.6 is 11.6 Å². The third kappa shape index (κ3) is 7.03. The third-order valence-corrected chi connectivity index (χ3v) is 6.60. The summed E-state index contributed by atoms with van der Waals surface area (Å²) in [6, 6.07) is 11.3. The fourth-order valence-electron chi connectivity index (χ4n) is 3.88. The molecular formula is C24H23ClF3N5O6S. The molecule has 0 aliphatic carbocycles. The van der Waals surface area contributed by atoms with Crippen LogP contribution in [-0.4, -0.2) is 46.3 Å². The van der Waals surface area contributed by atoms with Gasteiger partial charge < -0.3 is 9.47 Å². The average Bonchev–Trinajstić information content (AvgIpc) is 3.20. The van der Waals surface area contributed by atoms with E-state index in [1.54, 1.807) is 24.3 Å². The van der Waals surface area contributed by atoms with E-state index in [9.17, 15) is 31.2 Å². The van der Waals surface area contributed by atoms with E-state index < -0.39 is 33.4 Å². The summed E-state index contributed by atoms with van der Waals surface area (Å²) in [5.74, 6) is -0.589. The fourth-order valence-corrected chi connectivity index (χ4v) is 4.52. The minimum absolute atomic E-state index is 0.00119. The van der Waals surface area contributed by atoms with E-state index in [1.807, 2.05) is 0 Å². The average molecular weight is 602 g/mol. The highest BCUT2D eigenvalue weighted by molar-refractivity contribution is 7.88. The van der Waals surface area contributed by atoms with Crippen molar-refractivity contribution >= 4 is 32.8 Å². The molecule has 16 heteroatoms. The number of imidazole rings is 1. The Balaban J connectivity index is 1.80. The first-order chi connectivity index (χ1) is 18.7. The number of nitrogens with one attached hydrogen (secondary N) is 1. The normalized spacial score (nSPS) is 12.2. The number of aryl methyl sites for hydroxylation is 1. The molecule has 0 aliphatic heterocycles. The first-order valence-corrected chi connectivity index (χ1v) is 13.9. The zero-order chi connectivity index (χ0) is 29.2. The molecular weight excluding hydrogens is 579 g/mol. The minimum Gasteiger partial charge on any atom is -0.425 e. The quantitative estimate of drug-likeness (QED) is 0.277. The predicted octanol–water partition coefficient (Wildman–Crippen LogP) is 3.23. The Morgan fingerprint density at radius 3 is 2.38 bits per heavy atom. The predicted molar refractivity (Wildman–Crippen MR) is 140 cm³/mol. The van der Waals surface area contributed by atoms with Crippen LogP contribution in [0.25, 0.3) is 11.2 Å². The number of alkyl halides is 3. The van der Waals surface area contributed by atoms with Gasteiger partial charge in [-0.1, -0.05) is 29.8 Å². The highest BCUT2D eigenvalue weighted by Crippen LogP contribution is 2.30. The molecule has 2 aromatic carbocycles. The number of halogens is 4. The van der Waals surface area contributed by atoms with Gasteiger partial charge in [0.1, 0.15) is 11.5 Å². The van der Waals surface area contributed by atoms with Crippen molar-refractivity contribution in [1.82, 2.24) is 23.4 Å². The van der Waals surface area contributed by atoms with Crippen molar-refractivity contribution in [3.8, 4) is 17.5 Å². The van der Waals surface area contributed by atoms with Crippen molar-refractivity contribution in [2.24, 2.45) is 7.05 Å². The van der Waals surface area contributed by atoms with Crippen molar-refractivity contribution in [1.29, 1.82) is 0 Å². The Bertz CT molecular complexity index is 1770. The maximum Gasteiger partial charge on any atom is 0.573 e. The van der Waals surface area contributed by atoms with Gasteiger partial charge in [0, 0.05) is 31.2 Å². The molecule has 2 heterocycles. The van der Waals surface area contributed by atoms with E-state index in [4.69, 9.17) is 16.3 Å². The SMILES string of the molecule is Cn1c(=O)n(CCCNS(C)(=O)=O)c(=O)c2c1nc(Oc1cccc(OC(F)(F)F)c1)n2Cc1ccc(Cl)cc1. The number of hydrogen-bond acceptors (Lipinski definition) is 7. The lowest BCUT2D eigenvalue weighted by molar-refractivity contribution is -0.274. The molecule has 0 unspecified atom stereocenters. The van der Waals surface area contributed by atoms with Crippen LogP contribution in [0.5, 0.6) is 17.5 Å². The van der Waals surface area contributed by atoms with Gasteiger partial charge in [-0.05, 0) is 36.2 Å². The second kappa shape index (κ2) is 11.3. The van der Waals surface area contributed by atoms with Gasteiger partial charge in [-0.25, -0.2) is 17.9 Å².